The number of aliphatic hydroxyl groups is 2. The number of Topliss-reactive ketones (excluding diaryl/α,β-unsaturated/α-hetero) is 1. The van der Waals surface area contributed by atoms with Crippen LogP contribution in [0.3, 0.4) is 0 Å². The molecular weight excluding hydrogens is 579 g/mol. The van der Waals surface area contributed by atoms with E-state index in [0.29, 0.717) is 33.9 Å². The number of amides is 1. The summed E-state index contributed by atoms with van der Waals surface area (Å²) in [5, 5.41) is 23.8. The zero-order chi connectivity index (χ0) is 33.0. The number of alkyl carbamates (subject to hydrolysis) is 1. The van der Waals surface area contributed by atoms with Gasteiger partial charge >= 0.3 is 6.09 Å². The Morgan fingerprint density at radius 1 is 0.978 bits per heavy atom. The van der Waals surface area contributed by atoms with Crippen LogP contribution in [-0.2, 0) is 15.9 Å². The summed E-state index contributed by atoms with van der Waals surface area (Å²) in [6, 6.07) is 14.2. The van der Waals surface area contributed by atoms with Crippen LogP contribution in [0.25, 0.3) is 11.3 Å². The van der Waals surface area contributed by atoms with Crippen LogP contribution in [0.15, 0.2) is 54.6 Å². The number of aliphatic hydroxyl groups excluding tert-OH is 1. The van der Waals surface area contributed by atoms with Crippen molar-refractivity contribution in [3.8, 4) is 22.8 Å². The van der Waals surface area contributed by atoms with E-state index in [1.165, 1.54) is 12.1 Å². The maximum absolute atomic E-state index is 13.7. The van der Waals surface area contributed by atoms with Crippen molar-refractivity contribution in [2.45, 2.75) is 90.1 Å². The first-order valence-electron chi connectivity index (χ1n) is 15.2. The highest BCUT2D eigenvalue weighted by atomic mass is 19.1. The predicted molar refractivity (Wildman–Crippen MR) is 168 cm³/mol. The number of carbonyl (C=O) groups is 2. The van der Waals surface area contributed by atoms with Crippen molar-refractivity contribution in [2.24, 2.45) is 0 Å². The highest BCUT2D eigenvalue weighted by Crippen LogP contribution is 2.36. The lowest BCUT2D eigenvalue weighted by molar-refractivity contribution is 0.0394. The SMILES string of the molecule is CC(C)(C)OC(=O)NC(C)(C)c1cc(-c2ccc(F)cc2)nc(C(C)(O)CCC(=O)c2ccc(OC3CC3)c(OCCO)c2)c1. The van der Waals surface area contributed by atoms with E-state index in [2.05, 4.69) is 5.32 Å². The van der Waals surface area contributed by atoms with Crippen molar-refractivity contribution < 1.29 is 38.4 Å². The molecule has 1 aromatic heterocycles. The number of carbonyl (C=O) groups excluding carboxylic acids is 2. The zero-order valence-corrected chi connectivity index (χ0v) is 26.8. The molecule has 1 fully saturated rings. The molecule has 0 bridgehead atoms. The first kappa shape index (κ1) is 33.9. The number of benzene rings is 2. The molecule has 0 saturated heterocycles. The van der Waals surface area contributed by atoms with Crippen LogP contribution in [-0.4, -0.2) is 52.0 Å². The highest BCUT2D eigenvalue weighted by Gasteiger charge is 2.32. The molecule has 2 aromatic carbocycles. The van der Waals surface area contributed by atoms with Crippen LogP contribution in [0.1, 0.15) is 88.8 Å². The van der Waals surface area contributed by atoms with Gasteiger partial charge in [-0.3, -0.25) is 4.79 Å². The minimum Gasteiger partial charge on any atom is -0.487 e. The third-order valence-corrected chi connectivity index (χ3v) is 7.32. The van der Waals surface area contributed by atoms with E-state index in [-0.39, 0.29) is 43.6 Å². The zero-order valence-electron chi connectivity index (χ0n) is 26.8. The molecule has 9 nitrogen and oxygen atoms in total. The fourth-order valence-electron chi connectivity index (χ4n) is 4.61. The summed E-state index contributed by atoms with van der Waals surface area (Å²) in [7, 11) is 0. The molecule has 3 aromatic rings. The second-order valence-electron chi connectivity index (χ2n) is 13.1. The van der Waals surface area contributed by atoms with Crippen LogP contribution in [0.2, 0.25) is 0 Å². The number of hydrogen-bond donors (Lipinski definition) is 3. The summed E-state index contributed by atoms with van der Waals surface area (Å²) < 4.78 is 30.7. The number of nitrogens with one attached hydrogen (secondary N) is 1. The van der Waals surface area contributed by atoms with E-state index in [9.17, 15) is 24.2 Å². The van der Waals surface area contributed by atoms with E-state index in [4.69, 9.17) is 19.2 Å². The smallest absolute Gasteiger partial charge is 0.408 e. The van der Waals surface area contributed by atoms with Crippen LogP contribution >= 0.6 is 0 Å². The van der Waals surface area contributed by atoms with E-state index in [0.717, 1.165) is 12.8 Å². The van der Waals surface area contributed by atoms with Crippen molar-refractivity contribution in [1.29, 1.82) is 0 Å². The van der Waals surface area contributed by atoms with Gasteiger partial charge in [-0.1, -0.05) is 0 Å². The van der Waals surface area contributed by atoms with Crippen molar-refractivity contribution >= 4 is 11.9 Å². The summed E-state index contributed by atoms with van der Waals surface area (Å²) in [4.78, 5) is 30.7. The van der Waals surface area contributed by atoms with Crippen LogP contribution < -0.4 is 14.8 Å². The van der Waals surface area contributed by atoms with Gasteiger partial charge < -0.3 is 29.7 Å². The largest absolute Gasteiger partial charge is 0.487 e. The lowest BCUT2D eigenvalue weighted by atomic mass is 9.87. The highest BCUT2D eigenvalue weighted by molar-refractivity contribution is 5.96. The normalized spacial score (nSPS) is 14.8. The topological polar surface area (TPSA) is 127 Å². The number of nitrogens with zero attached hydrogens (tertiary/aromatic N) is 1. The van der Waals surface area contributed by atoms with Gasteiger partial charge in [0.2, 0.25) is 0 Å². The number of halogens is 1. The van der Waals surface area contributed by atoms with Crippen molar-refractivity contribution in [3.05, 3.63) is 77.2 Å². The number of ketones is 1. The molecular formula is C35H43FN2O7. The number of pyridine rings is 1. The maximum atomic E-state index is 13.7. The second-order valence-corrected chi connectivity index (χ2v) is 13.1. The number of aromatic nitrogens is 1. The monoisotopic (exact) mass is 622 g/mol. The molecule has 0 aliphatic heterocycles. The lowest BCUT2D eigenvalue weighted by Crippen LogP contribution is -2.44. The molecule has 1 aliphatic rings. The minimum atomic E-state index is -1.55. The van der Waals surface area contributed by atoms with Gasteiger partial charge in [-0.2, -0.15) is 0 Å². The van der Waals surface area contributed by atoms with Crippen molar-refractivity contribution in [3.63, 3.8) is 0 Å². The Morgan fingerprint density at radius 3 is 2.29 bits per heavy atom. The second kappa shape index (κ2) is 13.5. The maximum Gasteiger partial charge on any atom is 0.408 e. The number of ether oxygens (including phenoxy) is 3. The van der Waals surface area contributed by atoms with Gasteiger partial charge in [-0.15, -0.1) is 0 Å². The molecule has 45 heavy (non-hydrogen) atoms. The number of hydrogen-bond acceptors (Lipinski definition) is 8. The molecule has 1 amide bonds. The van der Waals surface area contributed by atoms with Crippen LogP contribution in [0.5, 0.6) is 11.5 Å². The van der Waals surface area contributed by atoms with Crippen LogP contribution in [0.4, 0.5) is 9.18 Å². The molecule has 1 heterocycles. The van der Waals surface area contributed by atoms with Gasteiger partial charge in [-0.05, 0) is 121 Å². The fraction of sp³-hybridized carbons (Fsp3) is 0.457. The Labute approximate surface area is 263 Å². The molecule has 0 spiro atoms. The van der Waals surface area contributed by atoms with Crippen LogP contribution in [0, 0.1) is 5.82 Å². The Balaban J connectivity index is 1.60. The molecule has 3 N–H and O–H groups in total. The van der Waals surface area contributed by atoms with Gasteiger partial charge in [0, 0.05) is 17.5 Å². The van der Waals surface area contributed by atoms with Gasteiger partial charge in [0.05, 0.1) is 29.6 Å². The summed E-state index contributed by atoms with van der Waals surface area (Å²) in [5.41, 5.74) is -0.821. The first-order chi connectivity index (χ1) is 21.1. The van der Waals surface area contributed by atoms with E-state index in [1.807, 2.05) is 0 Å². The molecule has 1 aliphatic carbocycles. The van der Waals surface area contributed by atoms with Gasteiger partial charge in [0.15, 0.2) is 17.3 Å². The lowest BCUT2D eigenvalue weighted by Gasteiger charge is -2.31. The molecule has 1 atom stereocenters. The molecule has 1 unspecified atom stereocenters. The third kappa shape index (κ3) is 9.48. The Bertz CT molecular complexity index is 1510. The summed E-state index contributed by atoms with van der Waals surface area (Å²) in [6.07, 6.45) is 1.47. The number of rotatable bonds is 13. The molecule has 242 valence electrons. The van der Waals surface area contributed by atoms with E-state index < -0.39 is 28.7 Å². The average molecular weight is 623 g/mol. The molecule has 0 radical (unpaired) electrons. The Kier molecular flexibility index (Phi) is 10.2. The standard InChI is InChI=1S/C35H43FN2O7/c1-33(2,3)45-32(41)38-34(4,5)24-20-27(22-7-10-25(36)11-8-22)37-31(21-24)35(6,42)16-15-28(40)23-9-14-29(44-26-12-13-26)30(19-23)43-18-17-39/h7-11,14,19-21,26,39,42H,12-13,15-18H2,1-6H3,(H,38,41). The fourth-order valence-corrected chi connectivity index (χ4v) is 4.61. The third-order valence-electron chi connectivity index (χ3n) is 7.32. The Hall–Kier alpha value is -4.02. The van der Waals surface area contributed by atoms with Gasteiger partial charge in [0.25, 0.3) is 0 Å². The van der Waals surface area contributed by atoms with E-state index >= 15 is 0 Å². The molecule has 4 rings (SSSR count). The van der Waals surface area contributed by atoms with Crippen molar-refractivity contribution in [2.75, 3.05) is 13.2 Å². The van der Waals surface area contributed by atoms with E-state index in [1.54, 1.807) is 84.0 Å². The minimum absolute atomic E-state index is 0.00733. The summed E-state index contributed by atoms with van der Waals surface area (Å²) in [6.45, 7) is 10.4. The van der Waals surface area contributed by atoms with Crippen molar-refractivity contribution in [1.82, 2.24) is 10.3 Å². The van der Waals surface area contributed by atoms with Gasteiger partial charge in [0.1, 0.15) is 23.6 Å². The summed E-state index contributed by atoms with van der Waals surface area (Å²) >= 11 is 0. The van der Waals surface area contributed by atoms with Gasteiger partial charge in [-0.25, -0.2) is 14.2 Å². The quantitative estimate of drug-likeness (QED) is 0.186. The first-order valence-corrected chi connectivity index (χ1v) is 15.2. The molecule has 1 saturated carbocycles. The molecule has 10 heteroatoms. The summed E-state index contributed by atoms with van der Waals surface area (Å²) in [5.74, 6) is 0.284. The average Bonchev–Trinajstić information content (AvgIpc) is 3.78. The Morgan fingerprint density at radius 2 is 1.67 bits per heavy atom. The predicted octanol–water partition coefficient (Wildman–Crippen LogP) is 6.43.